The predicted octanol–water partition coefficient (Wildman–Crippen LogP) is 3.94. The summed E-state index contributed by atoms with van der Waals surface area (Å²) < 4.78 is 7.09. The van der Waals surface area contributed by atoms with Gasteiger partial charge in [0.2, 0.25) is 0 Å². The molecule has 21 heavy (non-hydrogen) atoms. The molecule has 0 radical (unpaired) electrons. The van der Waals surface area contributed by atoms with Gasteiger partial charge in [0.25, 0.3) is 0 Å². The highest BCUT2D eigenvalue weighted by Gasteiger charge is 2.19. The molecule has 0 saturated carbocycles. The number of nitrogens with two attached hydrogens (primary N) is 1. The summed E-state index contributed by atoms with van der Waals surface area (Å²) >= 11 is 2.37. The van der Waals surface area contributed by atoms with Crippen LogP contribution < -0.4 is 16.0 Å². The molecule has 1 unspecified atom stereocenters. The maximum absolute atomic E-state index is 5.86. The number of rotatable bonds is 6. The van der Waals surface area contributed by atoms with Crippen LogP contribution in [0.4, 0.5) is 0 Å². The molecule has 3 N–H and O–H groups in total. The van der Waals surface area contributed by atoms with Gasteiger partial charge < -0.3 is 4.74 Å². The highest BCUT2D eigenvalue weighted by molar-refractivity contribution is 14.1. The zero-order valence-electron chi connectivity index (χ0n) is 12.4. The molecule has 0 aliphatic carbocycles. The molecule has 3 nitrogen and oxygen atoms in total. The van der Waals surface area contributed by atoms with Gasteiger partial charge in [-0.1, -0.05) is 43.3 Å². The van der Waals surface area contributed by atoms with Crippen LogP contribution in [0, 0.1) is 10.5 Å². The fraction of sp³-hybridized carbons (Fsp3) is 0.294. The molecule has 0 aliphatic heterocycles. The number of halogens is 1. The van der Waals surface area contributed by atoms with Crippen molar-refractivity contribution in [2.24, 2.45) is 5.84 Å². The van der Waals surface area contributed by atoms with Crippen molar-refractivity contribution in [3.63, 3.8) is 0 Å². The average Bonchev–Trinajstić information content (AvgIpc) is 2.51. The first-order chi connectivity index (χ1) is 10.2. The molecular formula is C17H21IN2O. The molecule has 0 aromatic heterocycles. The summed E-state index contributed by atoms with van der Waals surface area (Å²) in [5, 5.41) is 0. The Morgan fingerprint density at radius 3 is 2.57 bits per heavy atom. The van der Waals surface area contributed by atoms with Crippen molar-refractivity contribution in [3.8, 4) is 5.75 Å². The molecule has 0 fully saturated rings. The second-order valence-electron chi connectivity index (χ2n) is 4.96. The van der Waals surface area contributed by atoms with Crippen LogP contribution in [0.3, 0.4) is 0 Å². The average molecular weight is 396 g/mol. The van der Waals surface area contributed by atoms with Gasteiger partial charge in [-0.2, -0.15) is 0 Å². The van der Waals surface area contributed by atoms with Crippen LogP contribution in [0.15, 0.2) is 42.5 Å². The van der Waals surface area contributed by atoms with Gasteiger partial charge >= 0.3 is 0 Å². The van der Waals surface area contributed by atoms with E-state index < -0.39 is 0 Å². The minimum absolute atomic E-state index is 0.0788. The summed E-state index contributed by atoms with van der Waals surface area (Å²) in [7, 11) is 0. The third-order valence-electron chi connectivity index (χ3n) is 3.39. The second-order valence-corrected chi connectivity index (χ2v) is 6.04. The fourth-order valence-corrected chi connectivity index (χ4v) is 2.97. The lowest BCUT2D eigenvalue weighted by molar-refractivity contribution is 0.311. The molecule has 4 heteroatoms. The lowest BCUT2D eigenvalue weighted by Gasteiger charge is -2.22. The van der Waals surface area contributed by atoms with Gasteiger partial charge in [0, 0.05) is 9.13 Å². The second kappa shape index (κ2) is 7.77. The molecule has 0 bridgehead atoms. The van der Waals surface area contributed by atoms with Gasteiger partial charge in [-0.3, -0.25) is 5.84 Å². The first-order valence-electron chi connectivity index (χ1n) is 7.11. The minimum atomic E-state index is -0.0788. The summed E-state index contributed by atoms with van der Waals surface area (Å²) in [6.45, 7) is 4.92. The lowest BCUT2D eigenvalue weighted by Crippen LogP contribution is -2.30. The Balaban J connectivity index is 2.44. The van der Waals surface area contributed by atoms with E-state index in [-0.39, 0.29) is 6.04 Å². The maximum Gasteiger partial charge on any atom is 0.124 e. The van der Waals surface area contributed by atoms with E-state index in [9.17, 15) is 0 Å². The van der Waals surface area contributed by atoms with Crippen LogP contribution >= 0.6 is 22.6 Å². The normalized spacial score (nSPS) is 12.2. The summed E-state index contributed by atoms with van der Waals surface area (Å²) in [6.07, 6.45) is 0.983. The zero-order valence-corrected chi connectivity index (χ0v) is 14.6. The van der Waals surface area contributed by atoms with E-state index >= 15 is 0 Å². The van der Waals surface area contributed by atoms with Crippen LogP contribution in [-0.2, 0) is 0 Å². The third kappa shape index (κ3) is 3.75. The van der Waals surface area contributed by atoms with Crippen molar-refractivity contribution in [1.82, 2.24) is 5.43 Å². The van der Waals surface area contributed by atoms with Crippen molar-refractivity contribution >= 4 is 22.6 Å². The molecule has 0 saturated heterocycles. The molecular weight excluding hydrogens is 375 g/mol. The molecule has 2 aromatic rings. The van der Waals surface area contributed by atoms with E-state index in [0.717, 1.165) is 17.7 Å². The van der Waals surface area contributed by atoms with Gasteiger partial charge in [0.05, 0.1) is 12.6 Å². The molecule has 0 spiro atoms. The minimum Gasteiger partial charge on any atom is -0.493 e. The first-order valence-corrected chi connectivity index (χ1v) is 8.19. The third-order valence-corrected chi connectivity index (χ3v) is 4.86. The number of benzene rings is 2. The van der Waals surface area contributed by atoms with Crippen LogP contribution in [-0.4, -0.2) is 6.61 Å². The number of ether oxygens (including phenoxy) is 1. The number of hydrogen-bond donors (Lipinski definition) is 2. The van der Waals surface area contributed by atoms with Gasteiger partial charge in [-0.05, 0) is 53.1 Å². The smallest absolute Gasteiger partial charge is 0.124 e. The van der Waals surface area contributed by atoms with Gasteiger partial charge in [-0.25, -0.2) is 5.43 Å². The number of aryl methyl sites for hydroxylation is 1. The SMILES string of the molecule is CCCOc1ccccc1C(NN)c1cccc(C)c1I. The summed E-state index contributed by atoms with van der Waals surface area (Å²) in [5.74, 6) is 6.73. The Morgan fingerprint density at radius 2 is 1.86 bits per heavy atom. The van der Waals surface area contributed by atoms with E-state index in [1.165, 1.54) is 14.7 Å². The van der Waals surface area contributed by atoms with Crippen LogP contribution in [0.1, 0.15) is 36.1 Å². The van der Waals surface area contributed by atoms with Gasteiger partial charge in [-0.15, -0.1) is 0 Å². The molecule has 0 amide bonds. The molecule has 1 atom stereocenters. The first kappa shape index (κ1) is 16.3. The van der Waals surface area contributed by atoms with E-state index in [2.05, 4.69) is 66.1 Å². The van der Waals surface area contributed by atoms with E-state index in [1.807, 2.05) is 18.2 Å². The number of hydrogen-bond acceptors (Lipinski definition) is 3. The summed E-state index contributed by atoms with van der Waals surface area (Å²) in [4.78, 5) is 0. The van der Waals surface area contributed by atoms with Gasteiger partial charge in [0.15, 0.2) is 0 Å². The summed E-state index contributed by atoms with van der Waals surface area (Å²) in [5.41, 5.74) is 6.42. The van der Waals surface area contributed by atoms with Crippen molar-refractivity contribution in [3.05, 3.63) is 62.7 Å². The van der Waals surface area contributed by atoms with E-state index in [1.54, 1.807) is 0 Å². The molecule has 0 aliphatic rings. The lowest BCUT2D eigenvalue weighted by atomic mass is 9.97. The Hall–Kier alpha value is -1.11. The molecule has 0 heterocycles. The monoisotopic (exact) mass is 396 g/mol. The standard InChI is InChI=1S/C17H21IN2O/c1-3-11-21-15-10-5-4-8-13(15)17(20-19)14-9-6-7-12(2)16(14)18/h4-10,17,20H,3,11,19H2,1-2H3. The van der Waals surface area contributed by atoms with Crippen LogP contribution in [0.2, 0.25) is 0 Å². The van der Waals surface area contributed by atoms with Crippen LogP contribution in [0.5, 0.6) is 5.75 Å². The highest BCUT2D eigenvalue weighted by atomic mass is 127. The van der Waals surface area contributed by atoms with E-state index in [4.69, 9.17) is 10.6 Å². The molecule has 112 valence electrons. The highest BCUT2D eigenvalue weighted by Crippen LogP contribution is 2.32. The van der Waals surface area contributed by atoms with Crippen molar-refractivity contribution < 1.29 is 4.74 Å². The molecule has 2 aromatic carbocycles. The maximum atomic E-state index is 5.86. The topological polar surface area (TPSA) is 47.3 Å². The summed E-state index contributed by atoms with van der Waals surface area (Å²) in [6, 6.07) is 14.3. The Labute approximate surface area is 140 Å². The Morgan fingerprint density at radius 1 is 1.14 bits per heavy atom. The molecule has 2 rings (SSSR count). The largest absolute Gasteiger partial charge is 0.493 e. The van der Waals surface area contributed by atoms with Crippen molar-refractivity contribution in [2.75, 3.05) is 6.61 Å². The Kier molecular flexibility index (Phi) is 6.02. The zero-order chi connectivity index (χ0) is 15.2. The van der Waals surface area contributed by atoms with Crippen LogP contribution in [0.25, 0.3) is 0 Å². The number of nitrogens with one attached hydrogen (secondary N) is 1. The van der Waals surface area contributed by atoms with Crippen molar-refractivity contribution in [1.29, 1.82) is 0 Å². The quantitative estimate of drug-likeness (QED) is 0.442. The number of para-hydroxylation sites is 1. The van der Waals surface area contributed by atoms with Gasteiger partial charge in [0.1, 0.15) is 5.75 Å². The number of hydrazine groups is 1. The fourth-order valence-electron chi connectivity index (χ4n) is 2.30. The predicted molar refractivity (Wildman–Crippen MR) is 95.3 cm³/mol. The van der Waals surface area contributed by atoms with Crippen molar-refractivity contribution in [2.45, 2.75) is 26.3 Å². The van der Waals surface area contributed by atoms with E-state index in [0.29, 0.717) is 6.61 Å². The Bertz CT molecular complexity index is 601.